The number of imidazole rings is 1. The van der Waals surface area contributed by atoms with Crippen LogP contribution in [0.25, 0.3) is 22.1 Å². The summed E-state index contributed by atoms with van der Waals surface area (Å²) in [4.78, 5) is 30.1. The molecule has 0 aliphatic heterocycles. The van der Waals surface area contributed by atoms with E-state index in [0.29, 0.717) is 35.8 Å². The van der Waals surface area contributed by atoms with Crippen molar-refractivity contribution >= 4 is 39.0 Å². The van der Waals surface area contributed by atoms with Gasteiger partial charge in [-0.15, -0.1) is 0 Å². The maximum atomic E-state index is 12.6. The molecule has 0 aliphatic rings. The fourth-order valence-electron chi connectivity index (χ4n) is 3.26. The van der Waals surface area contributed by atoms with Gasteiger partial charge in [-0.05, 0) is 24.6 Å². The van der Waals surface area contributed by atoms with Gasteiger partial charge in [0.1, 0.15) is 5.52 Å². The molecule has 0 spiro atoms. The molecule has 9 nitrogen and oxygen atoms in total. The minimum absolute atomic E-state index is 0.152. The number of hydrogen-bond donors (Lipinski definition) is 0. The molecule has 0 saturated carbocycles. The van der Waals surface area contributed by atoms with Gasteiger partial charge in [-0.2, -0.15) is 4.98 Å². The van der Waals surface area contributed by atoms with Crippen molar-refractivity contribution < 1.29 is 13.7 Å². The van der Waals surface area contributed by atoms with Crippen LogP contribution >= 0.6 is 0 Å². The Bertz CT molecular complexity index is 1270. The van der Waals surface area contributed by atoms with Crippen LogP contribution in [0.5, 0.6) is 5.88 Å². The third-order valence-electron chi connectivity index (χ3n) is 4.88. The number of rotatable bonds is 7. The van der Waals surface area contributed by atoms with Crippen molar-refractivity contribution in [2.75, 3.05) is 14.2 Å². The number of carbonyl (C=O) groups is 1. The molecule has 4 heterocycles. The second-order valence-corrected chi connectivity index (χ2v) is 8.48. The van der Waals surface area contributed by atoms with Gasteiger partial charge in [-0.1, -0.05) is 6.92 Å². The van der Waals surface area contributed by atoms with Gasteiger partial charge in [0, 0.05) is 31.1 Å². The van der Waals surface area contributed by atoms with Crippen LogP contribution in [0.15, 0.2) is 47.9 Å². The fraction of sp³-hybridized carbons (Fsp3) is 0.286. The van der Waals surface area contributed by atoms with E-state index < -0.39 is 11.0 Å². The maximum absolute atomic E-state index is 12.6. The summed E-state index contributed by atoms with van der Waals surface area (Å²) in [5, 5.41) is 0.865. The van der Waals surface area contributed by atoms with E-state index in [2.05, 4.69) is 19.9 Å². The maximum Gasteiger partial charge on any atom is 0.234 e. The molecule has 0 aliphatic carbocycles. The first-order valence-corrected chi connectivity index (χ1v) is 10.9. The zero-order valence-corrected chi connectivity index (χ0v) is 18.3. The quantitative estimate of drug-likeness (QED) is 0.437. The lowest BCUT2D eigenvalue weighted by Gasteiger charge is -2.15. The molecule has 1 unspecified atom stereocenters. The Morgan fingerprint density at radius 3 is 2.71 bits per heavy atom. The van der Waals surface area contributed by atoms with Crippen LogP contribution in [-0.4, -0.2) is 53.1 Å². The highest BCUT2D eigenvalue weighted by molar-refractivity contribution is 7.83. The average Bonchev–Trinajstić information content (AvgIpc) is 3.21. The van der Waals surface area contributed by atoms with Crippen molar-refractivity contribution in [3.05, 3.63) is 48.7 Å². The first-order valence-electron chi connectivity index (χ1n) is 9.79. The van der Waals surface area contributed by atoms with Crippen LogP contribution in [0.4, 0.5) is 0 Å². The largest absolute Gasteiger partial charge is 0.481 e. The lowest BCUT2D eigenvalue weighted by Crippen LogP contribution is -2.28. The van der Waals surface area contributed by atoms with E-state index in [1.165, 1.54) is 4.31 Å². The first-order chi connectivity index (χ1) is 15.0. The average molecular weight is 439 g/mol. The first kappa shape index (κ1) is 20.9. The molecule has 0 N–H and O–H groups in total. The number of pyridine rings is 3. The molecule has 4 rings (SSSR count). The zero-order valence-electron chi connectivity index (χ0n) is 17.5. The lowest BCUT2D eigenvalue weighted by molar-refractivity contribution is -0.125. The third-order valence-corrected chi connectivity index (χ3v) is 6.23. The molecule has 10 heteroatoms. The summed E-state index contributed by atoms with van der Waals surface area (Å²) in [6.07, 6.45) is 6.05. The topological polar surface area (TPSA) is 103 Å². The van der Waals surface area contributed by atoms with Gasteiger partial charge in [-0.3, -0.25) is 14.1 Å². The van der Waals surface area contributed by atoms with E-state index in [-0.39, 0.29) is 5.91 Å². The number of fused-ring (bicyclic) bond motifs is 3. The molecule has 4 aromatic heterocycles. The van der Waals surface area contributed by atoms with Crippen LogP contribution in [0.1, 0.15) is 25.5 Å². The van der Waals surface area contributed by atoms with Gasteiger partial charge in [0.25, 0.3) is 0 Å². The van der Waals surface area contributed by atoms with Gasteiger partial charge >= 0.3 is 0 Å². The third kappa shape index (κ3) is 4.11. The van der Waals surface area contributed by atoms with Crippen molar-refractivity contribution in [1.82, 2.24) is 28.8 Å². The van der Waals surface area contributed by atoms with Gasteiger partial charge in [0.05, 0.1) is 42.3 Å². The lowest BCUT2D eigenvalue weighted by atomic mass is 10.2. The summed E-state index contributed by atoms with van der Waals surface area (Å²) in [5.74, 6) is 0.346. The molecule has 0 aromatic carbocycles. The minimum Gasteiger partial charge on any atom is -0.481 e. The Hall–Kier alpha value is -3.40. The van der Waals surface area contributed by atoms with Crippen LogP contribution in [0, 0.1) is 0 Å². The molecule has 1 amide bonds. The number of methoxy groups -OCH3 is 1. The smallest absolute Gasteiger partial charge is 0.234 e. The van der Waals surface area contributed by atoms with Gasteiger partial charge < -0.3 is 9.30 Å². The number of nitrogens with zero attached hydrogens (tertiary/aromatic N) is 6. The Kier molecular flexibility index (Phi) is 5.90. The normalized spacial score (nSPS) is 12.2. The van der Waals surface area contributed by atoms with Gasteiger partial charge in [0.15, 0.2) is 16.6 Å². The molecule has 0 saturated heterocycles. The van der Waals surface area contributed by atoms with Crippen molar-refractivity contribution in [1.29, 1.82) is 0 Å². The van der Waals surface area contributed by atoms with E-state index in [4.69, 9.17) is 4.74 Å². The van der Waals surface area contributed by atoms with Crippen LogP contribution in [0.3, 0.4) is 0 Å². The number of ether oxygens (including phenoxy) is 1. The van der Waals surface area contributed by atoms with Crippen molar-refractivity contribution in [3.63, 3.8) is 0 Å². The number of hydrogen-bond acceptors (Lipinski definition) is 7. The van der Waals surface area contributed by atoms with E-state index >= 15 is 0 Å². The van der Waals surface area contributed by atoms with E-state index in [1.807, 2.05) is 23.6 Å². The van der Waals surface area contributed by atoms with Crippen LogP contribution < -0.4 is 4.74 Å². The Morgan fingerprint density at radius 2 is 2.00 bits per heavy atom. The standard InChI is InChI=1S/C21H22N6O3S/c1-4-5-19(28)26(2)31(29)15-7-6-14(22-10-15)12-27-13-24-17-11-23-21-16(20(17)27)8-9-18(25-21)30-3/h6-11,13H,4-5,12H2,1-3H3. The fourth-order valence-corrected chi connectivity index (χ4v) is 4.18. The van der Waals surface area contributed by atoms with Crippen LogP contribution in [-0.2, 0) is 22.3 Å². The SMILES string of the molecule is CCCC(=O)N(C)S(=O)c1ccc(Cn2cnc3cnc4nc(OC)ccc4c32)nc1. The predicted molar refractivity (Wildman–Crippen MR) is 117 cm³/mol. The summed E-state index contributed by atoms with van der Waals surface area (Å²) in [6.45, 7) is 2.38. The van der Waals surface area contributed by atoms with Crippen LogP contribution in [0.2, 0.25) is 0 Å². The summed E-state index contributed by atoms with van der Waals surface area (Å²) in [5.41, 5.74) is 3.01. The predicted octanol–water partition coefficient (Wildman–Crippen LogP) is 2.71. The monoisotopic (exact) mass is 438 g/mol. The molecule has 160 valence electrons. The summed E-state index contributed by atoms with van der Waals surface area (Å²) >= 11 is 0. The van der Waals surface area contributed by atoms with Crippen molar-refractivity contribution in [2.24, 2.45) is 0 Å². The van der Waals surface area contributed by atoms with Crippen molar-refractivity contribution in [2.45, 2.75) is 31.2 Å². The molecular weight excluding hydrogens is 416 g/mol. The minimum atomic E-state index is -1.58. The number of carbonyl (C=O) groups excluding carboxylic acids is 1. The van der Waals surface area contributed by atoms with Crippen molar-refractivity contribution in [3.8, 4) is 5.88 Å². The van der Waals surface area contributed by atoms with Gasteiger partial charge in [-0.25, -0.2) is 14.2 Å². The van der Waals surface area contributed by atoms with E-state index in [0.717, 1.165) is 22.1 Å². The Labute approximate surface area is 181 Å². The highest BCUT2D eigenvalue weighted by atomic mass is 32.2. The highest BCUT2D eigenvalue weighted by Crippen LogP contribution is 2.24. The summed E-state index contributed by atoms with van der Waals surface area (Å²) < 4.78 is 21.0. The molecule has 4 aromatic rings. The number of aromatic nitrogens is 5. The van der Waals surface area contributed by atoms with E-state index in [1.54, 1.807) is 45.0 Å². The van der Waals surface area contributed by atoms with Gasteiger partial charge in [0.2, 0.25) is 11.8 Å². The molecule has 0 bridgehead atoms. The molecule has 1 atom stereocenters. The molecule has 0 fully saturated rings. The second kappa shape index (κ2) is 8.76. The summed E-state index contributed by atoms with van der Waals surface area (Å²) in [7, 11) is 1.53. The van der Waals surface area contributed by atoms with E-state index in [9.17, 15) is 9.00 Å². The second-order valence-electron chi connectivity index (χ2n) is 6.96. The molecular formula is C21H22N6O3S. The Morgan fingerprint density at radius 1 is 1.16 bits per heavy atom. The number of amides is 1. The zero-order chi connectivity index (χ0) is 22.0. The molecule has 31 heavy (non-hydrogen) atoms. The molecule has 0 radical (unpaired) electrons. The highest BCUT2D eigenvalue weighted by Gasteiger charge is 2.17. The summed E-state index contributed by atoms with van der Waals surface area (Å²) in [6, 6.07) is 7.25. The Balaban J connectivity index is 1.60.